The lowest BCUT2D eigenvalue weighted by atomic mass is 10.1. The van der Waals surface area contributed by atoms with Crippen molar-refractivity contribution in [3.63, 3.8) is 0 Å². The van der Waals surface area contributed by atoms with E-state index in [2.05, 4.69) is 26.6 Å². The van der Waals surface area contributed by atoms with Gasteiger partial charge in [0.25, 0.3) is 11.8 Å². The van der Waals surface area contributed by atoms with E-state index in [1.807, 2.05) is 6.92 Å². The third-order valence-electron chi connectivity index (χ3n) is 4.48. The van der Waals surface area contributed by atoms with Gasteiger partial charge < -0.3 is 15.4 Å². The lowest BCUT2D eigenvalue weighted by Gasteiger charge is -2.13. The first kappa shape index (κ1) is 24.3. The van der Waals surface area contributed by atoms with Crippen LogP contribution in [0.25, 0.3) is 0 Å². The molecule has 2 N–H and O–H groups in total. The van der Waals surface area contributed by atoms with Crippen LogP contribution in [0.3, 0.4) is 0 Å². The lowest BCUT2D eigenvalue weighted by Crippen LogP contribution is -2.16. The number of hydrogen-bond acceptors (Lipinski definition) is 3. The molecule has 0 radical (unpaired) electrons. The van der Waals surface area contributed by atoms with Crippen LogP contribution in [0.15, 0.2) is 71.2 Å². The van der Waals surface area contributed by atoms with E-state index in [1.54, 1.807) is 30.3 Å². The number of benzene rings is 3. The topological polar surface area (TPSA) is 67.4 Å². The Morgan fingerprint density at radius 1 is 0.909 bits per heavy atom. The number of carbonyl (C=O) groups is 2. The van der Waals surface area contributed by atoms with Gasteiger partial charge in [0, 0.05) is 21.4 Å². The van der Waals surface area contributed by atoms with Crippen molar-refractivity contribution in [1.82, 2.24) is 0 Å². The molecule has 0 saturated heterocycles. The van der Waals surface area contributed by atoms with Crippen molar-refractivity contribution in [2.24, 2.45) is 0 Å². The molecule has 9 heteroatoms. The van der Waals surface area contributed by atoms with Gasteiger partial charge in [-0.3, -0.25) is 9.59 Å². The monoisotopic (exact) mass is 520 g/mol. The number of carbonyl (C=O) groups excluding carboxylic acids is 2. The van der Waals surface area contributed by atoms with Crippen molar-refractivity contribution >= 4 is 39.1 Å². The van der Waals surface area contributed by atoms with Gasteiger partial charge in [0.1, 0.15) is 5.75 Å². The molecule has 172 valence electrons. The molecule has 0 heterocycles. The molecule has 3 aromatic rings. The molecule has 33 heavy (non-hydrogen) atoms. The molecule has 0 aliphatic carbocycles. The van der Waals surface area contributed by atoms with Gasteiger partial charge in [-0.1, -0.05) is 35.0 Å². The highest BCUT2D eigenvalue weighted by atomic mass is 79.9. The Hall–Kier alpha value is -3.33. The second-order valence-corrected chi connectivity index (χ2v) is 7.97. The fraction of sp³-hybridized carbons (Fsp3) is 0.167. The molecule has 0 atom stereocenters. The van der Waals surface area contributed by atoms with Gasteiger partial charge in [-0.25, -0.2) is 0 Å². The Morgan fingerprint density at radius 2 is 1.58 bits per heavy atom. The van der Waals surface area contributed by atoms with E-state index in [4.69, 9.17) is 4.74 Å². The lowest BCUT2D eigenvalue weighted by molar-refractivity contribution is -0.137. The zero-order chi connectivity index (χ0) is 24.0. The van der Waals surface area contributed by atoms with Crippen molar-refractivity contribution in [2.75, 3.05) is 17.2 Å². The number of hydrogen-bond donors (Lipinski definition) is 2. The van der Waals surface area contributed by atoms with Crippen molar-refractivity contribution in [3.05, 3.63) is 87.9 Å². The van der Waals surface area contributed by atoms with Crippen molar-refractivity contribution < 1.29 is 27.5 Å². The Morgan fingerprint density at radius 3 is 2.27 bits per heavy atom. The second-order valence-electron chi connectivity index (χ2n) is 7.06. The third kappa shape index (κ3) is 6.58. The van der Waals surface area contributed by atoms with E-state index in [0.29, 0.717) is 28.1 Å². The minimum atomic E-state index is -4.52. The summed E-state index contributed by atoms with van der Waals surface area (Å²) in [5.74, 6) is -0.617. The largest absolute Gasteiger partial charge is 0.493 e. The van der Waals surface area contributed by atoms with Crippen LogP contribution in [0.2, 0.25) is 0 Å². The van der Waals surface area contributed by atoms with E-state index in [-0.39, 0.29) is 11.3 Å². The summed E-state index contributed by atoms with van der Waals surface area (Å²) in [6.45, 7) is 2.40. The van der Waals surface area contributed by atoms with Gasteiger partial charge in [0.2, 0.25) is 0 Å². The summed E-state index contributed by atoms with van der Waals surface area (Å²) in [4.78, 5) is 25.4. The molecule has 2 amide bonds. The summed E-state index contributed by atoms with van der Waals surface area (Å²) < 4.78 is 45.0. The van der Waals surface area contributed by atoms with Crippen LogP contribution in [0.5, 0.6) is 5.75 Å². The SMILES string of the molecule is CCCOc1ccc(Br)cc1C(=O)Nc1cccc(C(=O)Nc2cccc(C(F)(F)F)c2)c1. The van der Waals surface area contributed by atoms with Crippen molar-refractivity contribution in [1.29, 1.82) is 0 Å². The Balaban J connectivity index is 1.76. The Kier molecular flexibility index (Phi) is 7.75. The zero-order valence-corrected chi connectivity index (χ0v) is 19.1. The number of halogens is 4. The summed E-state index contributed by atoms with van der Waals surface area (Å²) in [7, 11) is 0. The highest BCUT2D eigenvalue weighted by Gasteiger charge is 2.30. The molecular formula is C24H20BrF3N2O3. The minimum absolute atomic E-state index is 0.0103. The number of nitrogens with one attached hydrogen (secondary N) is 2. The van der Waals surface area contributed by atoms with Gasteiger partial charge in [0.15, 0.2) is 0 Å². The van der Waals surface area contributed by atoms with Gasteiger partial charge in [0.05, 0.1) is 17.7 Å². The molecule has 0 unspecified atom stereocenters. The maximum absolute atomic E-state index is 12.9. The first-order valence-corrected chi connectivity index (χ1v) is 10.8. The molecule has 0 aliphatic rings. The summed E-state index contributed by atoms with van der Waals surface area (Å²) in [6, 6.07) is 15.5. The number of alkyl halides is 3. The molecule has 0 bridgehead atoms. The second kappa shape index (κ2) is 10.5. The third-order valence-corrected chi connectivity index (χ3v) is 4.97. The average molecular weight is 521 g/mol. The first-order chi connectivity index (χ1) is 15.7. The maximum Gasteiger partial charge on any atom is 0.416 e. The highest BCUT2D eigenvalue weighted by molar-refractivity contribution is 9.10. The number of amides is 2. The number of rotatable bonds is 7. The number of anilines is 2. The molecule has 0 saturated carbocycles. The number of ether oxygens (including phenoxy) is 1. The van der Waals surface area contributed by atoms with Crippen LogP contribution in [-0.4, -0.2) is 18.4 Å². The highest BCUT2D eigenvalue weighted by Crippen LogP contribution is 2.31. The van der Waals surface area contributed by atoms with Crippen LogP contribution in [0, 0.1) is 0 Å². The van der Waals surface area contributed by atoms with Crippen LogP contribution < -0.4 is 15.4 Å². The van der Waals surface area contributed by atoms with Crippen molar-refractivity contribution in [3.8, 4) is 5.75 Å². The maximum atomic E-state index is 12.9. The van der Waals surface area contributed by atoms with Crippen LogP contribution in [0.4, 0.5) is 24.5 Å². The summed E-state index contributed by atoms with van der Waals surface area (Å²) in [5.41, 5.74) is -0.0239. The van der Waals surface area contributed by atoms with Gasteiger partial charge >= 0.3 is 6.18 Å². The predicted octanol–water partition coefficient (Wildman–Crippen LogP) is 6.76. The normalized spacial score (nSPS) is 11.1. The van der Waals surface area contributed by atoms with E-state index < -0.39 is 23.6 Å². The van der Waals surface area contributed by atoms with Gasteiger partial charge in [-0.15, -0.1) is 0 Å². The molecule has 0 spiro atoms. The summed E-state index contributed by atoms with van der Waals surface area (Å²) >= 11 is 3.34. The van der Waals surface area contributed by atoms with Crippen LogP contribution in [0.1, 0.15) is 39.6 Å². The molecule has 0 aromatic heterocycles. The van der Waals surface area contributed by atoms with E-state index >= 15 is 0 Å². The fourth-order valence-electron chi connectivity index (χ4n) is 2.93. The van der Waals surface area contributed by atoms with Crippen LogP contribution >= 0.6 is 15.9 Å². The van der Waals surface area contributed by atoms with Crippen molar-refractivity contribution in [2.45, 2.75) is 19.5 Å². The molecule has 0 fully saturated rings. The average Bonchev–Trinajstić information content (AvgIpc) is 2.78. The van der Waals surface area contributed by atoms with Gasteiger partial charge in [-0.2, -0.15) is 13.2 Å². The summed E-state index contributed by atoms with van der Waals surface area (Å²) in [6.07, 6.45) is -3.74. The fourth-order valence-corrected chi connectivity index (χ4v) is 3.29. The molecular weight excluding hydrogens is 501 g/mol. The van der Waals surface area contributed by atoms with Gasteiger partial charge in [-0.05, 0) is 61.0 Å². The molecule has 0 aliphatic heterocycles. The first-order valence-electron chi connectivity index (χ1n) is 9.99. The molecule has 3 aromatic carbocycles. The van der Waals surface area contributed by atoms with E-state index in [9.17, 15) is 22.8 Å². The summed E-state index contributed by atoms with van der Waals surface area (Å²) in [5, 5.41) is 5.17. The molecule has 5 nitrogen and oxygen atoms in total. The smallest absolute Gasteiger partial charge is 0.416 e. The molecule has 3 rings (SSSR count). The van der Waals surface area contributed by atoms with Crippen LogP contribution in [-0.2, 0) is 6.18 Å². The quantitative estimate of drug-likeness (QED) is 0.361. The van der Waals surface area contributed by atoms with E-state index in [0.717, 1.165) is 18.6 Å². The van der Waals surface area contributed by atoms with E-state index in [1.165, 1.54) is 24.3 Å². The predicted molar refractivity (Wildman–Crippen MR) is 124 cm³/mol. The minimum Gasteiger partial charge on any atom is -0.493 e. The Bertz CT molecular complexity index is 1170. The Labute approximate surface area is 197 Å². The zero-order valence-electron chi connectivity index (χ0n) is 17.5. The standard InChI is InChI=1S/C24H20BrF3N2O3/c1-2-11-33-21-10-9-17(25)14-20(21)23(32)30-18-7-3-5-15(12-18)22(31)29-19-8-4-6-16(13-19)24(26,27)28/h3-10,12-14H,2,11H2,1H3,(H,29,31)(H,30,32).